The first kappa shape index (κ1) is 21.9. The minimum atomic E-state index is -0.482. The van der Waals surface area contributed by atoms with Gasteiger partial charge in [-0.3, -0.25) is 0 Å². The fourth-order valence-corrected chi connectivity index (χ4v) is 5.50. The number of nitrogens with zero attached hydrogens (tertiary/aromatic N) is 4. The van der Waals surface area contributed by atoms with Crippen molar-refractivity contribution in [1.82, 2.24) is 19.9 Å². The van der Waals surface area contributed by atoms with Gasteiger partial charge in [-0.15, -0.1) is 11.3 Å². The minimum absolute atomic E-state index is 0.187. The van der Waals surface area contributed by atoms with Gasteiger partial charge in [-0.05, 0) is 65.5 Å². The van der Waals surface area contributed by atoms with Gasteiger partial charge in [-0.1, -0.05) is 12.1 Å². The quantitative estimate of drug-likeness (QED) is 0.526. The van der Waals surface area contributed by atoms with Gasteiger partial charge in [0.25, 0.3) is 0 Å². The maximum Gasteiger partial charge on any atom is 0.410 e. The summed E-state index contributed by atoms with van der Waals surface area (Å²) in [4.78, 5) is 29.8. The van der Waals surface area contributed by atoms with Gasteiger partial charge in [0.05, 0.1) is 5.52 Å². The topological polar surface area (TPSA) is 92.3 Å². The third-order valence-corrected chi connectivity index (χ3v) is 6.95. The zero-order chi connectivity index (χ0) is 23.2. The van der Waals surface area contributed by atoms with Gasteiger partial charge < -0.3 is 20.3 Å². The van der Waals surface area contributed by atoms with Crippen molar-refractivity contribution in [2.24, 2.45) is 0 Å². The van der Waals surface area contributed by atoms with Crippen molar-refractivity contribution in [1.29, 1.82) is 0 Å². The number of aryl methyl sites for hydroxylation is 1. The Labute approximate surface area is 197 Å². The number of carbonyl (C=O) groups is 1. The van der Waals surface area contributed by atoms with Crippen molar-refractivity contribution in [3.8, 4) is 0 Å². The Balaban J connectivity index is 1.34. The molecule has 0 radical (unpaired) electrons. The Bertz CT molecular complexity index is 1160. The van der Waals surface area contributed by atoms with Crippen molar-refractivity contribution in [3.05, 3.63) is 35.3 Å². The molecule has 5 rings (SSSR count). The number of aromatic nitrogens is 3. The number of amides is 1. The number of nitrogens with one attached hydrogen (secondary N) is 2. The lowest BCUT2D eigenvalue weighted by molar-refractivity contribution is 0.00682. The van der Waals surface area contributed by atoms with Crippen LogP contribution in [0.3, 0.4) is 0 Å². The van der Waals surface area contributed by atoms with Crippen LogP contribution in [0.2, 0.25) is 0 Å². The number of hydrogen-bond donors (Lipinski definition) is 2. The second-order valence-corrected chi connectivity index (χ2v) is 11.1. The van der Waals surface area contributed by atoms with Crippen LogP contribution in [0.25, 0.3) is 10.9 Å². The van der Waals surface area contributed by atoms with E-state index in [1.165, 1.54) is 0 Å². The van der Waals surface area contributed by atoms with E-state index in [0.29, 0.717) is 5.95 Å². The highest BCUT2D eigenvalue weighted by Gasteiger charge is 2.45. The highest BCUT2D eigenvalue weighted by Crippen LogP contribution is 2.38. The van der Waals surface area contributed by atoms with Gasteiger partial charge >= 0.3 is 6.09 Å². The number of carbonyl (C=O) groups excluding carboxylic acids is 1. The minimum Gasteiger partial charge on any atom is -0.444 e. The lowest BCUT2D eigenvalue weighted by Crippen LogP contribution is -2.51. The number of ether oxygens (including phenoxy) is 1. The summed E-state index contributed by atoms with van der Waals surface area (Å²) in [5.41, 5.74) is 0.393. The van der Waals surface area contributed by atoms with Crippen molar-refractivity contribution >= 4 is 45.2 Å². The van der Waals surface area contributed by atoms with Gasteiger partial charge in [-0.25, -0.2) is 14.8 Å². The van der Waals surface area contributed by atoms with Crippen LogP contribution in [-0.4, -0.2) is 49.7 Å². The lowest BCUT2D eigenvalue weighted by Gasteiger charge is -2.39. The first-order chi connectivity index (χ1) is 15.7. The number of anilines is 3. The Hall–Kier alpha value is -2.94. The Morgan fingerprint density at radius 2 is 1.88 bits per heavy atom. The summed E-state index contributed by atoms with van der Waals surface area (Å²) in [6.45, 7) is 7.77. The second kappa shape index (κ2) is 8.44. The fourth-order valence-electron chi connectivity index (χ4n) is 4.84. The molecule has 1 amide bonds. The van der Waals surface area contributed by atoms with E-state index in [-0.39, 0.29) is 24.2 Å². The molecule has 2 aromatic heterocycles. The largest absolute Gasteiger partial charge is 0.444 e. The van der Waals surface area contributed by atoms with Crippen molar-refractivity contribution in [2.75, 3.05) is 10.6 Å². The lowest BCUT2D eigenvalue weighted by atomic mass is 9.98. The van der Waals surface area contributed by atoms with E-state index in [2.05, 4.69) is 15.6 Å². The van der Waals surface area contributed by atoms with E-state index in [1.54, 1.807) is 11.3 Å². The van der Waals surface area contributed by atoms with E-state index >= 15 is 0 Å². The number of para-hydroxylation sites is 1. The highest BCUT2D eigenvalue weighted by atomic mass is 32.1. The summed E-state index contributed by atoms with van der Waals surface area (Å²) in [6.07, 6.45) is 5.40. The Kier molecular flexibility index (Phi) is 5.60. The number of rotatable bonds is 4. The Morgan fingerprint density at radius 1 is 1.15 bits per heavy atom. The number of benzene rings is 1. The van der Waals surface area contributed by atoms with Gasteiger partial charge in [0.1, 0.15) is 11.4 Å². The van der Waals surface area contributed by atoms with Crippen molar-refractivity contribution in [3.63, 3.8) is 0 Å². The van der Waals surface area contributed by atoms with E-state index in [0.717, 1.165) is 52.4 Å². The van der Waals surface area contributed by atoms with Crippen LogP contribution in [0.5, 0.6) is 0 Å². The molecule has 0 saturated carbocycles. The number of hydrogen-bond acceptors (Lipinski definition) is 8. The number of piperidine rings is 1. The van der Waals surface area contributed by atoms with Gasteiger partial charge in [-0.2, -0.15) is 4.98 Å². The zero-order valence-electron chi connectivity index (χ0n) is 19.5. The zero-order valence-corrected chi connectivity index (χ0v) is 20.3. The van der Waals surface area contributed by atoms with E-state index in [9.17, 15) is 4.79 Å². The van der Waals surface area contributed by atoms with Crippen LogP contribution in [0.15, 0.2) is 30.5 Å². The fraction of sp³-hybridized carbons (Fsp3) is 0.500. The molecule has 4 heterocycles. The van der Waals surface area contributed by atoms with E-state index in [4.69, 9.17) is 14.7 Å². The third-order valence-electron chi connectivity index (χ3n) is 6.12. The van der Waals surface area contributed by atoms with E-state index in [1.807, 2.05) is 63.1 Å². The molecule has 2 saturated heterocycles. The maximum absolute atomic E-state index is 12.8. The van der Waals surface area contributed by atoms with Crippen LogP contribution in [-0.2, 0) is 4.74 Å². The summed E-state index contributed by atoms with van der Waals surface area (Å²) in [5.74, 6) is 1.34. The molecule has 0 aliphatic carbocycles. The van der Waals surface area contributed by atoms with Crippen molar-refractivity contribution in [2.45, 2.75) is 77.1 Å². The molecule has 3 atom stereocenters. The molecule has 9 heteroatoms. The molecule has 8 nitrogen and oxygen atoms in total. The predicted octanol–water partition coefficient (Wildman–Crippen LogP) is 5.48. The first-order valence-corrected chi connectivity index (χ1v) is 12.3. The molecule has 2 fully saturated rings. The average Bonchev–Trinajstić information content (AvgIpc) is 3.27. The van der Waals surface area contributed by atoms with Crippen LogP contribution in [0.1, 0.15) is 51.3 Å². The molecule has 0 spiro atoms. The molecule has 2 aliphatic heterocycles. The summed E-state index contributed by atoms with van der Waals surface area (Å²) in [5, 5.41) is 8.69. The van der Waals surface area contributed by atoms with Gasteiger partial charge in [0.2, 0.25) is 5.95 Å². The van der Waals surface area contributed by atoms with Gasteiger partial charge in [0.15, 0.2) is 5.13 Å². The molecule has 1 aromatic carbocycles. The predicted molar refractivity (Wildman–Crippen MR) is 131 cm³/mol. The molecule has 2 bridgehead atoms. The maximum atomic E-state index is 12.8. The highest BCUT2D eigenvalue weighted by molar-refractivity contribution is 7.15. The SMILES string of the molecule is Cc1cnc(Nc2nc(N[C@@H]3C[C@H]4CC[C@@H](C3)N4C(=O)OC(C)(C)C)nc3ccccc23)s1. The molecule has 2 aliphatic rings. The number of thiazole rings is 1. The average molecular weight is 467 g/mol. The molecule has 33 heavy (non-hydrogen) atoms. The van der Waals surface area contributed by atoms with Crippen LogP contribution in [0, 0.1) is 6.92 Å². The molecular weight excluding hydrogens is 436 g/mol. The summed E-state index contributed by atoms with van der Waals surface area (Å²) in [7, 11) is 0. The third kappa shape index (κ3) is 4.73. The molecule has 2 N–H and O–H groups in total. The second-order valence-electron chi connectivity index (χ2n) is 9.90. The standard InChI is InChI=1S/C24H30N6O2S/c1-14-13-25-22(33-14)29-20-18-7-5-6-8-19(18)27-21(28-20)26-15-11-16-9-10-17(12-15)30(16)23(31)32-24(2,3)4/h5-8,13,15-17H,9-12H2,1-4H3,(H2,25,26,27,28,29)/t15-,16-,17+. The molecule has 174 valence electrons. The molecular formula is C24H30N6O2S. The number of fused-ring (bicyclic) bond motifs is 3. The van der Waals surface area contributed by atoms with Crippen molar-refractivity contribution < 1.29 is 9.53 Å². The summed E-state index contributed by atoms with van der Waals surface area (Å²) < 4.78 is 5.66. The summed E-state index contributed by atoms with van der Waals surface area (Å²) >= 11 is 1.60. The first-order valence-electron chi connectivity index (χ1n) is 11.5. The monoisotopic (exact) mass is 466 g/mol. The van der Waals surface area contributed by atoms with Crippen LogP contribution < -0.4 is 10.6 Å². The van der Waals surface area contributed by atoms with Gasteiger partial charge in [0, 0.05) is 34.6 Å². The van der Waals surface area contributed by atoms with Crippen LogP contribution >= 0.6 is 11.3 Å². The van der Waals surface area contributed by atoms with Crippen LogP contribution in [0.4, 0.5) is 21.7 Å². The Morgan fingerprint density at radius 3 is 2.55 bits per heavy atom. The summed E-state index contributed by atoms with van der Waals surface area (Å²) in [6, 6.07) is 8.56. The van der Waals surface area contributed by atoms with E-state index < -0.39 is 5.60 Å². The molecule has 3 aromatic rings. The molecule has 0 unspecified atom stereocenters. The smallest absolute Gasteiger partial charge is 0.410 e. The normalized spacial score (nSPS) is 22.4.